The summed E-state index contributed by atoms with van der Waals surface area (Å²) in [6, 6.07) is 3.94. The maximum absolute atomic E-state index is 12.4. The molecule has 2 aliphatic rings. The average molecular weight is 367 g/mol. The van der Waals surface area contributed by atoms with Crippen molar-refractivity contribution in [2.75, 3.05) is 19.6 Å². The van der Waals surface area contributed by atoms with Crippen LogP contribution < -0.4 is 0 Å². The highest BCUT2D eigenvalue weighted by molar-refractivity contribution is 8.26. The summed E-state index contributed by atoms with van der Waals surface area (Å²) in [5.41, 5.74) is 0. The van der Waals surface area contributed by atoms with Gasteiger partial charge in [-0.2, -0.15) is 0 Å². The van der Waals surface area contributed by atoms with Gasteiger partial charge < -0.3 is 4.90 Å². The second kappa shape index (κ2) is 7.59. The second-order valence-electron chi connectivity index (χ2n) is 5.54. The molecule has 0 N–H and O–H groups in total. The molecule has 2 fully saturated rings. The zero-order valence-electron chi connectivity index (χ0n) is 12.7. The number of rotatable bonds is 5. The highest BCUT2D eigenvalue weighted by Gasteiger charge is 2.31. The normalized spacial score (nSPS) is 20.1. The fourth-order valence-corrected chi connectivity index (χ4v) is 4.74. The van der Waals surface area contributed by atoms with Crippen LogP contribution in [0, 0.1) is 0 Å². The number of nitrogens with zero attached hydrogens (tertiary/aromatic N) is 2. The summed E-state index contributed by atoms with van der Waals surface area (Å²) in [5, 5.41) is 1.98. The molecule has 3 rings (SSSR count). The molecule has 0 saturated carbocycles. The molecule has 2 saturated heterocycles. The predicted molar refractivity (Wildman–Crippen MR) is 99.2 cm³/mol. The molecule has 0 aromatic carbocycles. The first-order valence-corrected chi connectivity index (χ1v) is 9.82. The standard InChI is InChI=1S/C16H18N2O2S3/c19-14(17-7-1-2-8-17)6-3-9-18-15(20)13(23-16(18)21)11-12-5-4-10-22-12/h4-5,10-11H,1-3,6-9H2/b13-11+. The van der Waals surface area contributed by atoms with Crippen LogP contribution in [0.4, 0.5) is 0 Å². The Balaban J connectivity index is 1.53. The van der Waals surface area contributed by atoms with Crippen LogP contribution in [0.5, 0.6) is 0 Å². The highest BCUT2D eigenvalue weighted by Crippen LogP contribution is 2.33. The van der Waals surface area contributed by atoms with Crippen LogP contribution in [0.3, 0.4) is 0 Å². The van der Waals surface area contributed by atoms with E-state index in [0.717, 1.165) is 30.8 Å². The first-order chi connectivity index (χ1) is 11.1. The van der Waals surface area contributed by atoms with Gasteiger partial charge in [0.15, 0.2) is 0 Å². The van der Waals surface area contributed by atoms with E-state index in [4.69, 9.17) is 12.2 Å². The van der Waals surface area contributed by atoms with Gasteiger partial charge in [-0.1, -0.05) is 30.0 Å². The van der Waals surface area contributed by atoms with Crippen LogP contribution in [0.25, 0.3) is 6.08 Å². The second-order valence-corrected chi connectivity index (χ2v) is 8.20. The highest BCUT2D eigenvalue weighted by atomic mass is 32.2. The first kappa shape index (κ1) is 16.7. The maximum Gasteiger partial charge on any atom is 0.266 e. The molecule has 0 unspecified atom stereocenters. The van der Waals surface area contributed by atoms with Crippen molar-refractivity contribution in [1.82, 2.24) is 9.80 Å². The average Bonchev–Trinajstić information content (AvgIpc) is 3.26. The minimum atomic E-state index is -0.0398. The lowest BCUT2D eigenvalue weighted by atomic mass is 10.2. The molecule has 23 heavy (non-hydrogen) atoms. The Morgan fingerprint density at radius 2 is 2.13 bits per heavy atom. The Morgan fingerprint density at radius 1 is 1.35 bits per heavy atom. The predicted octanol–water partition coefficient (Wildman–Crippen LogP) is 3.35. The summed E-state index contributed by atoms with van der Waals surface area (Å²) < 4.78 is 0.589. The lowest BCUT2D eigenvalue weighted by Gasteiger charge is -2.17. The Kier molecular flexibility index (Phi) is 5.50. The summed E-state index contributed by atoms with van der Waals surface area (Å²) in [6.45, 7) is 2.28. The van der Waals surface area contributed by atoms with E-state index in [1.165, 1.54) is 11.8 Å². The maximum atomic E-state index is 12.4. The van der Waals surface area contributed by atoms with E-state index < -0.39 is 0 Å². The smallest absolute Gasteiger partial charge is 0.266 e. The van der Waals surface area contributed by atoms with E-state index in [1.807, 2.05) is 28.5 Å². The van der Waals surface area contributed by atoms with Crippen molar-refractivity contribution in [3.63, 3.8) is 0 Å². The molecule has 0 atom stereocenters. The largest absolute Gasteiger partial charge is 0.343 e. The summed E-state index contributed by atoms with van der Waals surface area (Å²) in [7, 11) is 0. The molecule has 0 spiro atoms. The van der Waals surface area contributed by atoms with Gasteiger partial charge >= 0.3 is 0 Å². The molecule has 0 aliphatic carbocycles. The molecular weight excluding hydrogens is 348 g/mol. The molecule has 4 nitrogen and oxygen atoms in total. The van der Waals surface area contributed by atoms with Gasteiger partial charge in [-0.25, -0.2) is 0 Å². The van der Waals surface area contributed by atoms with Crippen molar-refractivity contribution in [3.8, 4) is 0 Å². The van der Waals surface area contributed by atoms with Gasteiger partial charge in [0.2, 0.25) is 5.91 Å². The van der Waals surface area contributed by atoms with Gasteiger partial charge in [0, 0.05) is 30.9 Å². The molecule has 0 radical (unpaired) electrons. The zero-order valence-corrected chi connectivity index (χ0v) is 15.1. The number of carbonyl (C=O) groups is 2. The third-order valence-corrected chi connectivity index (χ3v) is 6.12. The van der Waals surface area contributed by atoms with Crippen LogP contribution in [0.15, 0.2) is 22.4 Å². The first-order valence-electron chi connectivity index (χ1n) is 7.72. The van der Waals surface area contributed by atoms with E-state index in [0.29, 0.717) is 28.6 Å². The third-order valence-electron chi connectivity index (χ3n) is 3.92. The van der Waals surface area contributed by atoms with E-state index in [2.05, 4.69) is 0 Å². The zero-order chi connectivity index (χ0) is 16.2. The Hall–Kier alpha value is -1.18. The number of likely N-dealkylation sites (tertiary alicyclic amines) is 1. The SMILES string of the molecule is O=C(CCCN1C(=O)/C(=C\c2cccs2)SC1=S)N1CCCC1. The molecule has 0 bridgehead atoms. The third kappa shape index (κ3) is 4.02. The lowest BCUT2D eigenvalue weighted by molar-refractivity contribution is -0.130. The van der Waals surface area contributed by atoms with E-state index in [-0.39, 0.29) is 11.8 Å². The molecule has 1 aromatic rings. The number of thioether (sulfide) groups is 1. The van der Waals surface area contributed by atoms with Crippen LogP contribution in [0.2, 0.25) is 0 Å². The summed E-state index contributed by atoms with van der Waals surface area (Å²) in [5.74, 6) is 0.157. The number of thiophene rings is 1. The van der Waals surface area contributed by atoms with Crippen molar-refractivity contribution in [2.24, 2.45) is 0 Å². The van der Waals surface area contributed by atoms with Crippen LogP contribution in [-0.4, -0.2) is 45.6 Å². The van der Waals surface area contributed by atoms with Crippen LogP contribution in [0.1, 0.15) is 30.6 Å². The fraction of sp³-hybridized carbons (Fsp3) is 0.438. The number of amides is 2. The Labute approximate surface area is 149 Å². The van der Waals surface area contributed by atoms with Gasteiger partial charge in [0.05, 0.1) is 4.91 Å². The minimum absolute atomic E-state index is 0.0398. The molecule has 7 heteroatoms. The molecule has 122 valence electrons. The number of hydrogen-bond donors (Lipinski definition) is 0. The van der Waals surface area contributed by atoms with Crippen LogP contribution >= 0.6 is 35.3 Å². The molecule has 2 aliphatic heterocycles. The van der Waals surface area contributed by atoms with Crippen molar-refractivity contribution < 1.29 is 9.59 Å². The van der Waals surface area contributed by atoms with Gasteiger partial charge in [-0.05, 0) is 36.8 Å². The lowest BCUT2D eigenvalue weighted by Crippen LogP contribution is -2.31. The summed E-state index contributed by atoms with van der Waals surface area (Å²) in [4.78, 5) is 29.7. The molecule has 1 aromatic heterocycles. The molecule has 2 amide bonds. The topological polar surface area (TPSA) is 40.6 Å². The minimum Gasteiger partial charge on any atom is -0.343 e. The monoisotopic (exact) mass is 366 g/mol. The van der Waals surface area contributed by atoms with Crippen molar-refractivity contribution in [1.29, 1.82) is 0 Å². The van der Waals surface area contributed by atoms with Crippen LogP contribution in [-0.2, 0) is 9.59 Å². The molecule has 3 heterocycles. The van der Waals surface area contributed by atoms with Gasteiger partial charge in [0.25, 0.3) is 5.91 Å². The number of hydrogen-bond acceptors (Lipinski definition) is 5. The van der Waals surface area contributed by atoms with Crippen molar-refractivity contribution in [2.45, 2.75) is 25.7 Å². The van der Waals surface area contributed by atoms with E-state index in [1.54, 1.807) is 16.2 Å². The summed E-state index contributed by atoms with van der Waals surface area (Å²) >= 11 is 8.25. The Morgan fingerprint density at radius 3 is 2.83 bits per heavy atom. The Bertz CT molecular complexity index is 634. The van der Waals surface area contributed by atoms with Crippen molar-refractivity contribution in [3.05, 3.63) is 27.3 Å². The van der Waals surface area contributed by atoms with E-state index >= 15 is 0 Å². The summed E-state index contributed by atoms with van der Waals surface area (Å²) in [6.07, 6.45) is 5.25. The van der Waals surface area contributed by atoms with Gasteiger partial charge in [0.1, 0.15) is 4.32 Å². The van der Waals surface area contributed by atoms with E-state index in [9.17, 15) is 9.59 Å². The number of thiocarbonyl (C=S) groups is 1. The quantitative estimate of drug-likeness (QED) is 0.592. The fourth-order valence-electron chi connectivity index (χ4n) is 2.71. The van der Waals surface area contributed by atoms with Gasteiger partial charge in [-0.15, -0.1) is 11.3 Å². The molecular formula is C16H18N2O2S3. The van der Waals surface area contributed by atoms with Gasteiger partial charge in [-0.3, -0.25) is 14.5 Å². The number of carbonyl (C=O) groups excluding carboxylic acids is 2. The van der Waals surface area contributed by atoms with Crippen molar-refractivity contribution >= 4 is 57.5 Å².